The van der Waals surface area contributed by atoms with Gasteiger partial charge < -0.3 is 5.32 Å². The average molecular weight is 274 g/mol. The van der Waals surface area contributed by atoms with E-state index in [1.807, 2.05) is 6.92 Å². The summed E-state index contributed by atoms with van der Waals surface area (Å²) in [6, 6.07) is 6.06. The molecule has 1 amide bonds. The molecule has 2 nitrogen and oxygen atoms in total. The molecule has 0 saturated carbocycles. The number of carbonyl (C=O) groups excluding carboxylic acids is 1. The van der Waals surface area contributed by atoms with Crippen molar-refractivity contribution in [3.63, 3.8) is 0 Å². The largest absolute Gasteiger partial charge is 0.353 e. The molecule has 0 aliphatic rings. The maximum Gasteiger partial charge on any atom is 0.224 e. The fraction of sp³-hybridized carbons (Fsp3) is 0.364. The van der Waals surface area contributed by atoms with Crippen molar-refractivity contribution in [1.29, 1.82) is 0 Å². The highest BCUT2D eigenvalue weighted by atomic mass is 79.9. The third-order valence-corrected chi connectivity index (χ3v) is 2.89. The molecule has 1 unspecified atom stereocenters. The van der Waals surface area contributed by atoms with Crippen molar-refractivity contribution in [3.05, 3.63) is 35.6 Å². The van der Waals surface area contributed by atoms with Crippen LogP contribution in [0, 0.1) is 5.82 Å². The second-order valence-corrected chi connectivity index (χ2v) is 4.07. The molecule has 0 aliphatic carbocycles. The Bertz CT molecular complexity index is 326. The lowest BCUT2D eigenvalue weighted by atomic mass is 10.1. The maximum atomic E-state index is 12.6. The Hall–Kier alpha value is -0.900. The number of hydrogen-bond acceptors (Lipinski definition) is 1. The molecular weight excluding hydrogens is 261 g/mol. The van der Waals surface area contributed by atoms with Crippen LogP contribution in [0.1, 0.15) is 12.5 Å². The number of hydrogen-bond donors (Lipinski definition) is 1. The normalized spacial score (nSPS) is 12.2. The Morgan fingerprint density at radius 3 is 2.60 bits per heavy atom. The van der Waals surface area contributed by atoms with E-state index in [1.54, 1.807) is 12.1 Å². The topological polar surface area (TPSA) is 29.1 Å². The molecule has 1 aromatic rings. The Kier molecular flexibility index (Phi) is 4.75. The van der Waals surface area contributed by atoms with E-state index in [1.165, 1.54) is 12.1 Å². The number of benzene rings is 1. The lowest BCUT2D eigenvalue weighted by Crippen LogP contribution is -2.34. The number of rotatable bonds is 4. The van der Waals surface area contributed by atoms with Gasteiger partial charge in [0.2, 0.25) is 5.91 Å². The van der Waals surface area contributed by atoms with E-state index in [0.717, 1.165) is 10.9 Å². The first-order valence-corrected chi connectivity index (χ1v) is 5.83. The molecule has 0 spiro atoms. The maximum absolute atomic E-state index is 12.6. The Labute approximate surface area is 97.0 Å². The van der Waals surface area contributed by atoms with E-state index in [4.69, 9.17) is 0 Å². The molecule has 15 heavy (non-hydrogen) atoms. The van der Waals surface area contributed by atoms with Gasteiger partial charge in [0.1, 0.15) is 5.82 Å². The summed E-state index contributed by atoms with van der Waals surface area (Å²) < 4.78 is 12.6. The summed E-state index contributed by atoms with van der Waals surface area (Å²) in [6.45, 7) is 1.91. The van der Waals surface area contributed by atoms with Gasteiger partial charge in [0, 0.05) is 11.4 Å². The number of carbonyl (C=O) groups is 1. The summed E-state index contributed by atoms with van der Waals surface area (Å²) >= 11 is 3.27. The number of nitrogens with one attached hydrogen (secondary N) is 1. The molecule has 1 rings (SSSR count). The SMILES string of the molecule is CC(CBr)NC(=O)Cc1ccc(F)cc1. The lowest BCUT2D eigenvalue weighted by Gasteiger charge is -2.10. The van der Waals surface area contributed by atoms with Gasteiger partial charge >= 0.3 is 0 Å². The smallest absolute Gasteiger partial charge is 0.224 e. The molecule has 0 heterocycles. The fourth-order valence-corrected chi connectivity index (χ4v) is 1.31. The van der Waals surface area contributed by atoms with Crippen molar-refractivity contribution >= 4 is 21.8 Å². The molecule has 0 saturated heterocycles. The van der Waals surface area contributed by atoms with E-state index in [2.05, 4.69) is 21.2 Å². The number of alkyl halides is 1. The van der Waals surface area contributed by atoms with E-state index >= 15 is 0 Å². The Morgan fingerprint density at radius 1 is 1.47 bits per heavy atom. The van der Waals surface area contributed by atoms with Gasteiger partial charge in [-0.25, -0.2) is 4.39 Å². The first-order chi connectivity index (χ1) is 7.11. The standard InChI is InChI=1S/C11H13BrFNO/c1-8(7-12)14-11(15)6-9-2-4-10(13)5-3-9/h2-5,8H,6-7H2,1H3,(H,14,15). The summed E-state index contributed by atoms with van der Waals surface area (Å²) in [5, 5.41) is 3.54. The highest BCUT2D eigenvalue weighted by molar-refractivity contribution is 9.09. The van der Waals surface area contributed by atoms with Crippen LogP contribution in [0.15, 0.2) is 24.3 Å². The number of amides is 1. The van der Waals surface area contributed by atoms with E-state index in [-0.39, 0.29) is 24.2 Å². The molecule has 0 fully saturated rings. The summed E-state index contributed by atoms with van der Waals surface area (Å²) in [6.07, 6.45) is 0.289. The molecule has 82 valence electrons. The molecule has 1 atom stereocenters. The van der Waals surface area contributed by atoms with Crippen molar-refractivity contribution < 1.29 is 9.18 Å². The van der Waals surface area contributed by atoms with E-state index < -0.39 is 0 Å². The van der Waals surface area contributed by atoms with Crippen molar-refractivity contribution in [3.8, 4) is 0 Å². The lowest BCUT2D eigenvalue weighted by molar-refractivity contribution is -0.120. The molecular formula is C11H13BrFNO. The van der Waals surface area contributed by atoms with E-state index in [0.29, 0.717) is 0 Å². The van der Waals surface area contributed by atoms with Crippen molar-refractivity contribution in [2.75, 3.05) is 5.33 Å². The third-order valence-electron chi connectivity index (χ3n) is 1.92. The predicted molar refractivity (Wildman–Crippen MR) is 61.5 cm³/mol. The van der Waals surface area contributed by atoms with Gasteiger partial charge in [-0.3, -0.25) is 4.79 Å². The zero-order chi connectivity index (χ0) is 11.3. The first-order valence-electron chi connectivity index (χ1n) is 4.71. The Balaban J connectivity index is 2.48. The van der Waals surface area contributed by atoms with E-state index in [9.17, 15) is 9.18 Å². The van der Waals surface area contributed by atoms with Crippen LogP contribution in [0.3, 0.4) is 0 Å². The molecule has 0 bridgehead atoms. The highest BCUT2D eigenvalue weighted by Gasteiger charge is 2.06. The molecule has 0 aromatic heterocycles. The van der Waals surface area contributed by atoms with Gasteiger partial charge in [-0.1, -0.05) is 28.1 Å². The van der Waals surface area contributed by atoms with Crippen molar-refractivity contribution in [2.45, 2.75) is 19.4 Å². The van der Waals surface area contributed by atoms with Gasteiger partial charge in [-0.2, -0.15) is 0 Å². The van der Waals surface area contributed by atoms with Crippen LogP contribution in [0.4, 0.5) is 4.39 Å². The molecule has 1 aromatic carbocycles. The van der Waals surface area contributed by atoms with Crippen LogP contribution in [0.25, 0.3) is 0 Å². The summed E-state index contributed by atoms with van der Waals surface area (Å²) in [7, 11) is 0. The van der Waals surface area contributed by atoms with Gasteiger partial charge in [-0.05, 0) is 24.6 Å². The Morgan fingerprint density at radius 2 is 2.07 bits per heavy atom. The zero-order valence-corrected chi connectivity index (χ0v) is 10.1. The van der Waals surface area contributed by atoms with Gasteiger partial charge in [-0.15, -0.1) is 0 Å². The minimum Gasteiger partial charge on any atom is -0.353 e. The quantitative estimate of drug-likeness (QED) is 0.838. The third kappa shape index (κ3) is 4.42. The second kappa shape index (κ2) is 5.85. The summed E-state index contributed by atoms with van der Waals surface area (Å²) in [5.41, 5.74) is 0.815. The fourth-order valence-electron chi connectivity index (χ4n) is 1.15. The van der Waals surface area contributed by atoms with Crippen LogP contribution in [-0.4, -0.2) is 17.3 Å². The van der Waals surface area contributed by atoms with Crippen LogP contribution in [-0.2, 0) is 11.2 Å². The summed E-state index contributed by atoms with van der Waals surface area (Å²) in [4.78, 5) is 11.4. The predicted octanol–water partition coefficient (Wildman–Crippen LogP) is 2.27. The van der Waals surface area contributed by atoms with Gasteiger partial charge in [0.05, 0.1) is 6.42 Å². The van der Waals surface area contributed by atoms with Crippen LogP contribution in [0.2, 0.25) is 0 Å². The molecule has 0 aliphatic heterocycles. The molecule has 1 N–H and O–H groups in total. The summed E-state index contributed by atoms with van der Waals surface area (Å²) in [5.74, 6) is -0.332. The van der Waals surface area contributed by atoms with Crippen molar-refractivity contribution in [1.82, 2.24) is 5.32 Å². The average Bonchev–Trinajstić information content (AvgIpc) is 2.21. The molecule has 0 radical (unpaired) electrons. The zero-order valence-electron chi connectivity index (χ0n) is 8.47. The molecule has 4 heteroatoms. The van der Waals surface area contributed by atoms with Gasteiger partial charge in [0.15, 0.2) is 0 Å². The number of halogens is 2. The van der Waals surface area contributed by atoms with Crippen LogP contribution < -0.4 is 5.32 Å². The van der Waals surface area contributed by atoms with Crippen LogP contribution >= 0.6 is 15.9 Å². The minimum absolute atomic E-state index is 0.0476. The highest BCUT2D eigenvalue weighted by Crippen LogP contribution is 2.03. The van der Waals surface area contributed by atoms with Crippen LogP contribution in [0.5, 0.6) is 0 Å². The second-order valence-electron chi connectivity index (χ2n) is 3.43. The minimum atomic E-state index is -0.284. The van der Waals surface area contributed by atoms with Gasteiger partial charge in [0.25, 0.3) is 0 Å². The monoisotopic (exact) mass is 273 g/mol. The van der Waals surface area contributed by atoms with Crippen molar-refractivity contribution in [2.24, 2.45) is 0 Å². The first kappa shape index (κ1) is 12.2.